The third-order valence-electron chi connectivity index (χ3n) is 4.80. The minimum atomic E-state index is 0.350. The van der Waals surface area contributed by atoms with Gasteiger partial charge < -0.3 is 5.11 Å². The fourth-order valence-electron chi connectivity index (χ4n) is 3.84. The summed E-state index contributed by atoms with van der Waals surface area (Å²) in [6.45, 7) is 3.97. The van der Waals surface area contributed by atoms with E-state index in [-0.39, 0.29) is 0 Å². The average Bonchev–Trinajstić information content (AvgIpc) is 2.43. The molecule has 1 aliphatic carbocycles. The Labute approximate surface area is 115 Å². The molecule has 1 aromatic rings. The van der Waals surface area contributed by atoms with Crippen molar-refractivity contribution in [1.29, 1.82) is 0 Å². The maximum Gasteiger partial charge on any atom is 0.138 e. The van der Waals surface area contributed by atoms with Gasteiger partial charge in [-0.2, -0.15) is 0 Å². The van der Waals surface area contributed by atoms with E-state index in [0.29, 0.717) is 5.75 Å². The lowest BCUT2D eigenvalue weighted by Gasteiger charge is -2.44. The predicted octanol–water partition coefficient (Wildman–Crippen LogP) is 3.25. The van der Waals surface area contributed by atoms with E-state index in [4.69, 9.17) is 0 Å². The van der Waals surface area contributed by atoms with Gasteiger partial charge in [0.2, 0.25) is 0 Å². The lowest BCUT2D eigenvalue weighted by molar-refractivity contribution is 0.0531. The summed E-state index contributed by atoms with van der Waals surface area (Å²) in [5.41, 5.74) is 1.84. The first-order chi connectivity index (χ1) is 9.24. The summed E-state index contributed by atoms with van der Waals surface area (Å²) in [6, 6.07) is 4.38. The Kier molecular flexibility index (Phi) is 3.74. The van der Waals surface area contributed by atoms with Crippen LogP contribution in [0.25, 0.3) is 0 Å². The minimum Gasteiger partial charge on any atom is -0.506 e. The molecule has 1 N–H and O–H groups in total. The highest BCUT2D eigenvalue weighted by Gasteiger charge is 2.33. The molecule has 0 bridgehead atoms. The molecule has 0 unspecified atom stereocenters. The highest BCUT2D eigenvalue weighted by Crippen LogP contribution is 2.36. The van der Waals surface area contributed by atoms with Gasteiger partial charge in [0.25, 0.3) is 0 Å². The summed E-state index contributed by atoms with van der Waals surface area (Å²) < 4.78 is 0. The molecule has 0 aromatic carbocycles. The Balaban J connectivity index is 1.75. The zero-order chi connectivity index (χ0) is 13.2. The number of hydrogen-bond donors (Lipinski definition) is 1. The molecule has 2 heterocycles. The maximum atomic E-state index is 9.97. The van der Waals surface area contributed by atoms with Crippen molar-refractivity contribution < 1.29 is 5.11 Å². The molecule has 3 heteroatoms. The highest BCUT2D eigenvalue weighted by molar-refractivity contribution is 5.27. The Morgan fingerprint density at radius 2 is 2.00 bits per heavy atom. The number of aryl methyl sites for hydroxylation is 1. The van der Waals surface area contributed by atoms with E-state index in [1.807, 2.05) is 13.0 Å². The molecular weight excluding hydrogens is 236 g/mol. The summed E-state index contributed by atoms with van der Waals surface area (Å²) in [5, 5.41) is 9.97. The van der Waals surface area contributed by atoms with Crippen molar-refractivity contribution in [2.75, 3.05) is 6.54 Å². The number of hydrogen-bond acceptors (Lipinski definition) is 3. The van der Waals surface area contributed by atoms with Gasteiger partial charge in [0.1, 0.15) is 5.75 Å². The number of aromatic hydroxyl groups is 1. The molecule has 0 radical (unpaired) electrons. The normalized spacial score (nSPS) is 28.1. The molecule has 1 saturated heterocycles. The number of piperidine rings is 1. The Morgan fingerprint density at radius 1 is 1.21 bits per heavy atom. The zero-order valence-electron chi connectivity index (χ0n) is 11.8. The van der Waals surface area contributed by atoms with E-state index < -0.39 is 0 Å². The van der Waals surface area contributed by atoms with Crippen molar-refractivity contribution in [2.24, 2.45) is 5.92 Å². The van der Waals surface area contributed by atoms with Crippen LogP contribution in [0, 0.1) is 12.8 Å². The average molecular weight is 260 g/mol. The number of nitrogens with zero attached hydrogens (tertiary/aromatic N) is 2. The van der Waals surface area contributed by atoms with E-state index in [0.717, 1.165) is 36.4 Å². The van der Waals surface area contributed by atoms with Crippen molar-refractivity contribution in [3.8, 4) is 5.75 Å². The molecule has 104 valence electrons. The number of likely N-dealkylation sites (tertiary alicyclic amines) is 1. The maximum absolute atomic E-state index is 9.97. The van der Waals surface area contributed by atoms with Crippen LogP contribution in [0.1, 0.15) is 49.9 Å². The topological polar surface area (TPSA) is 36.4 Å². The standard InChI is InChI=1S/C16H24N2O/c1-12-8-9-16(19)14(17-12)11-18-10-4-6-13-5-2-3-7-15(13)18/h8-9,13,15,19H,2-7,10-11H2,1H3/t13-,15-/m1/s1. The summed E-state index contributed by atoms with van der Waals surface area (Å²) in [7, 11) is 0. The summed E-state index contributed by atoms with van der Waals surface area (Å²) in [6.07, 6.45) is 8.20. The van der Waals surface area contributed by atoms with E-state index in [1.165, 1.54) is 38.5 Å². The van der Waals surface area contributed by atoms with Crippen LogP contribution in [-0.4, -0.2) is 27.6 Å². The van der Waals surface area contributed by atoms with Gasteiger partial charge in [-0.15, -0.1) is 0 Å². The molecule has 0 amide bonds. The van der Waals surface area contributed by atoms with Gasteiger partial charge in [-0.05, 0) is 57.2 Å². The Hall–Kier alpha value is -1.09. The predicted molar refractivity (Wildman–Crippen MR) is 76.0 cm³/mol. The first-order valence-electron chi connectivity index (χ1n) is 7.63. The molecule has 1 saturated carbocycles. The minimum absolute atomic E-state index is 0.350. The Bertz CT molecular complexity index is 444. The van der Waals surface area contributed by atoms with E-state index in [1.54, 1.807) is 6.07 Å². The van der Waals surface area contributed by atoms with Crippen LogP contribution in [0.4, 0.5) is 0 Å². The van der Waals surface area contributed by atoms with Crippen molar-refractivity contribution in [3.05, 3.63) is 23.5 Å². The van der Waals surface area contributed by atoms with Crippen molar-refractivity contribution in [2.45, 2.75) is 58.0 Å². The van der Waals surface area contributed by atoms with Gasteiger partial charge >= 0.3 is 0 Å². The van der Waals surface area contributed by atoms with Crippen LogP contribution < -0.4 is 0 Å². The first kappa shape index (κ1) is 12.9. The quantitative estimate of drug-likeness (QED) is 0.886. The fourth-order valence-corrected chi connectivity index (χ4v) is 3.84. The summed E-state index contributed by atoms with van der Waals surface area (Å²) in [5.74, 6) is 1.23. The van der Waals surface area contributed by atoms with Crippen LogP contribution in [0.15, 0.2) is 12.1 Å². The van der Waals surface area contributed by atoms with Gasteiger partial charge in [0.15, 0.2) is 0 Å². The third-order valence-corrected chi connectivity index (χ3v) is 4.80. The molecule has 1 aromatic heterocycles. The van der Waals surface area contributed by atoms with Crippen LogP contribution in [0.3, 0.4) is 0 Å². The lowest BCUT2D eigenvalue weighted by atomic mass is 9.78. The van der Waals surface area contributed by atoms with Crippen molar-refractivity contribution in [3.63, 3.8) is 0 Å². The van der Waals surface area contributed by atoms with Gasteiger partial charge in [0, 0.05) is 18.3 Å². The SMILES string of the molecule is Cc1ccc(O)c(CN2CCC[C@H]3CCCC[C@H]32)n1. The molecule has 2 aliphatic rings. The van der Waals surface area contributed by atoms with E-state index >= 15 is 0 Å². The monoisotopic (exact) mass is 260 g/mol. The molecule has 3 nitrogen and oxygen atoms in total. The molecule has 0 spiro atoms. The molecule has 2 fully saturated rings. The molecule has 3 rings (SSSR count). The van der Waals surface area contributed by atoms with Crippen LogP contribution in [0.2, 0.25) is 0 Å². The van der Waals surface area contributed by atoms with Gasteiger partial charge in [-0.1, -0.05) is 12.8 Å². The van der Waals surface area contributed by atoms with Crippen LogP contribution in [0.5, 0.6) is 5.75 Å². The van der Waals surface area contributed by atoms with Crippen molar-refractivity contribution in [1.82, 2.24) is 9.88 Å². The zero-order valence-corrected chi connectivity index (χ0v) is 11.8. The molecular formula is C16H24N2O. The molecule has 19 heavy (non-hydrogen) atoms. The second-order valence-electron chi connectivity index (χ2n) is 6.14. The van der Waals surface area contributed by atoms with E-state index in [9.17, 15) is 5.11 Å². The van der Waals surface area contributed by atoms with Gasteiger partial charge in [0.05, 0.1) is 5.69 Å². The second kappa shape index (κ2) is 5.49. The smallest absolute Gasteiger partial charge is 0.138 e. The van der Waals surface area contributed by atoms with Crippen molar-refractivity contribution >= 4 is 0 Å². The van der Waals surface area contributed by atoms with Crippen LogP contribution >= 0.6 is 0 Å². The van der Waals surface area contributed by atoms with E-state index in [2.05, 4.69) is 9.88 Å². The fraction of sp³-hybridized carbons (Fsp3) is 0.688. The molecule has 2 atom stereocenters. The van der Waals surface area contributed by atoms with Gasteiger partial charge in [-0.25, -0.2) is 0 Å². The number of aromatic nitrogens is 1. The molecule has 1 aliphatic heterocycles. The number of pyridine rings is 1. The largest absolute Gasteiger partial charge is 0.506 e. The second-order valence-corrected chi connectivity index (χ2v) is 6.14. The van der Waals surface area contributed by atoms with Gasteiger partial charge in [-0.3, -0.25) is 9.88 Å². The summed E-state index contributed by atoms with van der Waals surface area (Å²) >= 11 is 0. The third kappa shape index (κ3) is 2.76. The summed E-state index contributed by atoms with van der Waals surface area (Å²) in [4.78, 5) is 7.08. The highest BCUT2D eigenvalue weighted by atomic mass is 16.3. The Morgan fingerprint density at radius 3 is 2.89 bits per heavy atom. The lowest BCUT2D eigenvalue weighted by Crippen LogP contribution is -2.46. The number of rotatable bonds is 2. The number of fused-ring (bicyclic) bond motifs is 1. The van der Waals surface area contributed by atoms with Crippen LogP contribution in [-0.2, 0) is 6.54 Å². The first-order valence-corrected chi connectivity index (χ1v) is 7.63.